The molecule has 0 radical (unpaired) electrons. The fourth-order valence-electron chi connectivity index (χ4n) is 4.50. The largest absolute Gasteiger partial charge is 0.435 e. The van der Waals surface area contributed by atoms with Crippen molar-refractivity contribution in [1.29, 1.82) is 0 Å². The van der Waals surface area contributed by atoms with E-state index in [2.05, 4.69) is 26.8 Å². The number of rotatable bonds is 6. The first-order valence-electron chi connectivity index (χ1n) is 11.6. The number of imidazole rings is 1. The number of aryl methyl sites for hydroxylation is 1. The van der Waals surface area contributed by atoms with Gasteiger partial charge in [0, 0.05) is 42.5 Å². The van der Waals surface area contributed by atoms with Crippen LogP contribution in [-0.2, 0) is 6.42 Å². The topological polar surface area (TPSA) is 55.6 Å². The SMILES string of the molecule is Cc1nc2ccc(-c3ncc(N4CCC(C)CC4)cn3)cn2c1Cc1ccccc1OC(F)F. The molecule has 0 aliphatic carbocycles. The maximum atomic E-state index is 12.9. The van der Waals surface area contributed by atoms with E-state index in [4.69, 9.17) is 4.74 Å². The third kappa shape index (κ3) is 4.58. The Bertz CT molecular complexity index is 1280. The molecule has 1 aliphatic heterocycles. The van der Waals surface area contributed by atoms with E-state index in [1.165, 1.54) is 12.8 Å². The van der Waals surface area contributed by atoms with Crippen molar-refractivity contribution >= 4 is 11.3 Å². The summed E-state index contributed by atoms with van der Waals surface area (Å²) in [5.74, 6) is 1.58. The predicted molar refractivity (Wildman–Crippen MR) is 127 cm³/mol. The summed E-state index contributed by atoms with van der Waals surface area (Å²) < 4.78 is 32.4. The normalized spacial score (nSPS) is 14.8. The van der Waals surface area contributed by atoms with Gasteiger partial charge in [0.05, 0.1) is 23.8 Å². The monoisotopic (exact) mass is 463 g/mol. The molecule has 176 valence electrons. The summed E-state index contributed by atoms with van der Waals surface area (Å²) in [6, 6.07) is 10.7. The molecular formula is C26H27F2N5O. The molecule has 6 nitrogen and oxygen atoms in total. The molecule has 0 amide bonds. The molecular weight excluding hydrogens is 436 g/mol. The Morgan fingerprint density at radius 3 is 2.53 bits per heavy atom. The second kappa shape index (κ2) is 9.37. The van der Waals surface area contributed by atoms with Crippen molar-refractivity contribution in [2.75, 3.05) is 18.0 Å². The van der Waals surface area contributed by atoms with Gasteiger partial charge in [-0.05, 0) is 43.9 Å². The van der Waals surface area contributed by atoms with Crippen molar-refractivity contribution in [3.8, 4) is 17.1 Å². The number of nitrogens with zero attached hydrogens (tertiary/aromatic N) is 5. The van der Waals surface area contributed by atoms with Crippen molar-refractivity contribution < 1.29 is 13.5 Å². The lowest BCUT2D eigenvalue weighted by atomic mass is 9.99. The van der Waals surface area contributed by atoms with Gasteiger partial charge in [0.25, 0.3) is 0 Å². The van der Waals surface area contributed by atoms with Gasteiger partial charge in [0.1, 0.15) is 11.4 Å². The molecule has 5 rings (SSSR count). The Morgan fingerprint density at radius 2 is 1.79 bits per heavy atom. The quantitative estimate of drug-likeness (QED) is 0.376. The van der Waals surface area contributed by atoms with Crippen LogP contribution in [0, 0.1) is 12.8 Å². The molecule has 1 saturated heterocycles. The van der Waals surface area contributed by atoms with E-state index in [0.29, 0.717) is 17.8 Å². The molecule has 1 aliphatic rings. The van der Waals surface area contributed by atoms with Crippen LogP contribution >= 0.6 is 0 Å². The zero-order valence-corrected chi connectivity index (χ0v) is 19.3. The van der Waals surface area contributed by atoms with E-state index >= 15 is 0 Å². The number of benzene rings is 1. The van der Waals surface area contributed by atoms with Crippen molar-refractivity contribution in [2.45, 2.75) is 39.7 Å². The highest BCUT2D eigenvalue weighted by atomic mass is 19.3. The smallest absolute Gasteiger partial charge is 0.387 e. The molecule has 3 aromatic heterocycles. The van der Waals surface area contributed by atoms with Crippen molar-refractivity contribution in [1.82, 2.24) is 19.4 Å². The zero-order chi connectivity index (χ0) is 23.7. The second-order valence-corrected chi connectivity index (χ2v) is 8.89. The van der Waals surface area contributed by atoms with Crippen LogP contribution in [0.15, 0.2) is 55.0 Å². The van der Waals surface area contributed by atoms with E-state index in [1.54, 1.807) is 18.2 Å². The average molecular weight is 464 g/mol. The predicted octanol–water partition coefficient (Wildman–Crippen LogP) is 5.53. The summed E-state index contributed by atoms with van der Waals surface area (Å²) in [4.78, 5) is 16.2. The summed E-state index contributed by atoms with van der Waals surface area (Å²) in [5, 5.41) is 0. The van der Waals surface area contributed by atoms with Gasteiger partial charge >= 0.3 is 6.61 Å². The molecule has 0 unspecified atom stereocenters. The number of piperidine rings is 1. The number of alkyl halides is 2. The summed E-state index contributed by atoms with van der Waals surface area (Å²) >= 11 is 0. The van der Waals surface area contributed by atoms with Gasteiger partial charge in [-0.15, -0.1) is 0 Å². The molecule has 0 N–H and O–H groups in total. The Morgan fingerprint density at radius 1 is 1.06 bits per heavy atom. The summed E-state index contributed by atoms with van der Waals surface area (Å²) in [7, 11) is 0. The number of ether oxygens (including phenoxy) is 1. The highest BCUT2D eigenvalue weighted by molar-refractivity contribution is 5.60. The first-order chi connectivity index (χ1) is 16.5. The maximum absolute atomic E-state index is 12.9. The molecule has 1 aromatic carbocycles. The Labute approximate surface area is 197 Å². The number of aromatic nitrogens is 4. The van der Waals surface area contributed by atoms with Crippen molar-refractivity contribution in [2.24, 2.45) is 5.92 Å². The number of pyridine rings is 1. The van der Waals surface area contributed by atoms with Crippen LogP contribution in [0.5, 0.6) is 5.75 Å². The zero-order valence-electron chi connectivity index (χ0n) is 19.3. The van der Waals surface area contributed by atoms with Gasteiger partial charge in [-0.3, -0.25) is 0 Å². The van der Waals surface area contributed by atoms with Gasteiger partial charge in [-0.1, -0.05) is 25.1 Å². The number of para-hydroxylation sites is 1. The van der Waals surface area contributed by atoms with Crippen molar-refractivity contribution in [3.63, 3.8) is 0 Å². The molecule has 34 heavy (non-hydrogen) atoms. The summed E-state index contributed by atoms with van der Waals surface area (Å²) in [5.41, 5.74) is 5.10. The minimum absolute atomic E-state index is 0.175. The van der Waals surface area contributed by atoms with Gasteiger partial charge in [-0.2, -0.15) is 8.78 Å². The van der Waals surface area contributed by atoms with Gasteiger partial charge in [0.15, 0.2) is 5.82 Å². The maximum Gasteiger partial charge on any atom is 0.387 e. The molecule has 8 heteroatoms. The van der Waals surface area contributed by atoms with Crippen LogP contribution in [0.1, 0.15) is 36.7 Å². The summed E-state index contributed by atoms with van der Waals surface area (Å²) in [6.07, 6.45) is 8.52. The lowest BCUT2D eigenvalue weighted by molar-refractivity contribution is -0.0503. The first-order valence-corrected chi connectivity index (χ1v) is 11.6. The summed E-state index contributed by atoms with van der Waals surface area (Å²) in [6.45, 7) is 3.41. The van der Waals surface area contributed by atoms with Crippen LogP contribution < -0.4 is 9.64 Å². The molecule has 4 aromatic rings. The van der Waals surface area contributed by atoms with E-state index < -0.39 is 6.61 Å². The third-order valence-corrected chi connectivity index (χ3v) is 6.51. The molecule has 0 bridgehead atoms. The lowest BCUT2D eigenvalue weighted by Crippen LogP contribution is -2.32. The van der Waals surface area contributed by atoms with Crippen LogP contribution in [0.25, 0.3) is 17.0 Å². The van der Waals surface area contributed by atoms with E-state index in [-0.39, 0.29) is 5.75 Å². The minimum atomic E-state index is -2.87. The Balaban J connectivity index is 1.44. The van der Waals surface area contributed by atoms with E-state index in [0.717, 1.165) is 47.3 Å². The number of hydrogen-bond donors (Lipinski definition) is 0. The van der Waals surface area contributed by atoms with Crippen LogP contribution in [-0.4, -0.2) is 39.1 Å². The van der Waals surface area contributed by atoms with E-state index in [9.17, 15) is 8.78 Å². The van der Waals surface area contributed by atoms with Crippen LogP contribution in [0.4, 0.5) is 14.5 Å². The molecule has 1 fully saturated rings. The average Bonchev–Trinajstić information content (AvgIpc) is 3.15. The number of anilines is 1. The number of fused-ring (bicyclic) bond motifs is 1. The Kier molecular flexibility index (Phi) is 6.13. The fraction of sp³-hybridized carbons (Fsp3) is 0.346. The lowest BCUT2D eigenvalue weighted by Gasteiger charge is -2.31. The van der Waals surface area contributed by atoms with Crippen molar-refractivity contribution in [3.05, 3.63) is 71.9 Å². The van der Waals surface area contributed by atoms with Gasteiger partial charge < -0.3 is 14.0 Å². The molecule has 0 spiro atoms. The third-order valence-electron chi connectivity index (χ3n) is 6.51. The molecule has 0 saturated carbocycles. The van der Waals surface area contributed by atoms with Gasteiger partial charge in [-0.25, -0.2) is 15.0 Å². The van der Waals surface area contributed by atoms with E-state index in [1.807, 2.05) is 48.1 Å². The van der Waals surface area contributed by atoms with Gasteiger partial charge in [0.2, 0.25) is 0 Å². The second-order valence-electron chi connectivity index (χ2n) is 8.89. The fourth-order valence-corrected chi connectivity index (χ4v) is 4.50. The standard InChI is InChI=1S/C26H27F2N5O/c1-17-9-11-32(12-10-17)21-14-29-25(30-15-21)20-7-8-24-31-18(2)22(33(24)16-20)13-19-5-3-4-6-23(19)34-26(27)28/h3-8,14-17,26H,9-13H2,1-2H3. The first kappa shape index (κ1) is 22.3. The highest BCUT2D eigenvalue weighted by Crippen LogP contribution is 2.27. The molecule has 0 atom stereocenters. The number of halogens is 2. The minimum Gasteiger partial charge on any atom is -0.435 e. The number of hydrogen-bond acceptors (Lipinski definition) is 5. The Hall–Kier alpha value is -3.55. The van der Waals surface area contributed by atoms with Crippen LogP contribution in [0.2, 0.25) is 0 Å². The van der Waals surface area contributed by atoms with Crippen LogP contribution in [0.3, 0.4) is 0 Å². The molecule has 4 heterocycles. The highest BCUT2D eigenvalue weighted by Gasteiger charge is 2.18.